The van der Waals surface area contributed by atoms with Crippen molar-refractivity contribution in [1.82, 2.24) is 4.90 Å². The van der Waals surface area contributed by atoms with Gasteiger partial charge in [-0.25, -0.2) is 0 Å². The van der Waals surface area contributed by atoms with Crippen LogP contribution in [0.2, 0.25) is 0 Å². The second-order valence-corrected chi connectivity index (χ2v) is 2.78. The average Bonchev–Trinajstić information content (AvgIpc) is 2.34. The fraction of sp³-hybridized carbons (Fsp3) is 0.714. The highest BCUT2D eigenvalue weighted by molar-refractivity contribution is 6.27. The van der Waals surface area contributed by atoms with Gasteiger partial charge in [-0.15, -0.1) is 11.6 Å². The van der Waals surface area contributed by atoms with Crippen molar-refractivity contribution >= 4 is 17.5 Å². The van der Waals surface area contributed by atoms with E-state index in [0.29, 0.717) is 0 Å². The molecule has 0 aliphatic carbocycles. The number of nitrogens with zero attached hydrogens (tertiary/aromatic N) is 1. The van der Waals surface area contributed by atoms with E-state index in [1.165, 1.54) is 0 Å². The molecule has 1 amide bonds. The highest BCUT2D eigenvalue weighted by atomic mass is 35.5. The normalized spacial score (nSPS) is 25.4. The molecule has 1 heterocycles. The van der Waals surface area contributed by atoms with Gasteiger partial charge in [0.2, 0.25) is 5.91 Å². The molecule has 0 aromatic rings. The van der Waals surface area contributed by atoms with E-state index in [1.807, 2.05) is 0 Å². The average molecular weight is 161 g/mol. The summed E-state index contributed by atoms with van der Waals surface area (Å²) in [7, 11) is 0. The van der Waals surface area contributed by atoms with Gasteiger partial charge in [0.15, 0.2) is 0 Å². The Bertz CT molecular complexity index is 138. The molecule has 1 aliphatic rings. The highest BCUT2D eigenvalue weighted by Crippen LogP contribution is 2.15. The van der Waals surface area contributed by atoms with Crippen LogP contribution in [0.25, 0.3) is 0 Å². The molecule has 3 heteroatoms. The summed E-state index contributed by atoms with van der Waals surface area (Å²) < 4.78 is 0. The predicted octanol–water partition coefficient (Wildman–Crippen LogP) is 1.05. The van der Waals surface area contributed by atoms with Gasteiger partial charge in [0.05, 0.1) is 0 Å². The maximum atomic E-state index is 11.0. The fourth-order valence-electron chi connectivity index (χ4n) is 1.24. The van der Waals surface area contributed by atoms with E-state index in [0.717, 1.165) is 19.4 Å². The van der Waals surface area contributed by atoms with Crippen molar-refractivity contribution in [1.29, 1.82) is 0 Å². The molecule has 1 saturated heterocycles. The molecule has 0 aromatic carbocycles. The Morgan fingerprint density at radius 3 is 2.90 bits per heavy atom. The molecule has 0 aromatic heterocycles. The van der Waals surface area contributed by atoms with E-state index in [-0.39, 0.29) is 17.8 Å². The molecule has 0 bridgehead atoms. The zero-order valence-corrected chi connectivity index (χ0v) is 6.60. The maximum absolute atomic E-state index is 11.0. The Hall–Kier alpha value is -0.240. The Morgan fingerprint density at radius 1 is 1.80 bits per heavy atom. The van der Waals surface area contributed by atoms with Gasteiger partial charge < -0.3 is 4.90 Å². The van der Waals surface area contributed by atoms with Crippen LogP contribution in [-0.2, 0) is 4.79 Å². The molecule has 0 N–H and O–H groups in total. The summed E-state index contributed by atoms with van der Waals surface area (Å²) in [5, 5.41) is 0. The first-order valence-electron chi connectivity index (χ1n) is 3.44. The number of rotatable bonds is 1. The fourth-order valence-corrected chi connectivity index (χ4v) is 1.39. The van der Waals surface area contributed by atoms with Gasteiger partial charge in [0.25, 0.3) is 0 Å². The molecule has 1 rings (SSSR count). The van der Waals surface area contributed by atoms with E-state index < -0.39 is 0 Å². The van der Waals surface area contributed by atoms with Crippen LogP contribution in [0, 0.1) is 6.92 Å². The van der Waals surface area contributed by atoms with Crippen LogP contribution < -0.4 is 0 Å². The number of carbonyl (C=O) groups is 1. The number of hydrogen-bond donors (Lipinski definition) is 0. The van der Waals surface area contributed by atoms with Gasteiger partial charge in [0, 0.05) is 12.6 Å². The minimum Gasteiger partial charge on any atom is -0.339 e. The van der Waals surface area contributed by atoms with Gasteiger partial charge in [-0.2, -0.15) is 0 Å². The molecule has 1 aliphatic heterocycles. The molecule has 1 fully saturated rings. The molecular weight excluding hydrogens is 150 g/mol. The lowest BCUT2D eigenvalue weighted by Crippen LogP contribution is -2.34. The molecule has 0 saturated carbocycles. The number of alkyl halides is 1. The highest BCUT2D eigenvalue weighted by Gasteiger charge is 2.23. The second-order valence-electron chi connectivity index (χ2n) is 2.52. The summed E-state index contributed by atoms with van der Waals surface area (Å²) in [5.41, 5.74) is 0. The first kappa shape index (κ1) is 7.86. The van der Waals surface area contributed by atoms with E-state index in [1.54, 1.807) is 4.90 Å². The molecule has 1 radical (unpaired) electrons. The van der Waals surface area contributed by atoms with Crippen LogP contribution in [0.4, 0.5) is 0 Å². The molecule has 2 nitrogen and oxygen atoms in total. The zero-order valence-electron chi connectivity index (χ0n) is 5.85. The first-order valence-corrected chi connectivity index (χ1v) is 3.97. The molecule has 1 atom stereocenters. The van der Waals surface area contributed by atoms with Gasteiger partial charge in [-0.1, -0.05) is 0 Å². The smallest absolute Gasteiger partial charge is 0.237 e. The lowest BCUT2D eigenvalue weighted by Gasteiger charge is -2.19. The summed E-state index contributed by atoms with van der Waals surface area (Å²) in [6.45, 7) is 4.67. The van der Waals surface area contributed by atoms with Crippen LogP contribution in [-0.4, -0.2) is 29.3 Å². The minimum atomic E-state index is 0.0131. The quantitative estimate of drug-likeness (QED) is 0.526. The van der Waals surface area contributed by atoms with Crippen LogP contribution in [0.15, 0.2) is 0 Å². The standard InChI is InChI=1S/C7H11ClNO/c1-6-3-2-4-9(6)7(10)5-8/h6H,1-5H2/t6-/m0/s1. The summed E-state index contributed by atoms with van der Waals surface area (Å²) in [6.07, 6.45) is 2.08. The SMILES string of the molecule is [CH2][C@H]1CCCN1C(=O)CCl. The van der Waals surface area contributed by atoms with Crippen molar-refractivity contribution in [3.63, 3.8) is 0 Å². The summed E-state index contributed by atoms with van der Waals surface area (Å²) in [4.78, 5) is 12.7. The third-order valence-electron chi connectivity index (χ3n) is 1.81. The van der Waals surface area contributed by atoms with E-state index >= 15 is 0 Å². The predicted molar refractivity (Wildman–Crippen MR) is 40.8 cm³/mol. The molecular formula is C7H11ClNO. The van der Waals surface area contributed by atoms with Gasteiger partial charge in [-0.3, -0.25) is 4.79 Å². The molecule has 57 valence electrons. The molecule has 0 unspecified atom stereocenters. The number of amides is 1. The largest absolute Gasteiger partial charge is 0.339 e. The van der Waals surface area contributed by atoms with Gasteiger partial charge in [0.1, 0.15) is 5.88 Å². The zero-order chi connectivity index (χ0) is 7.56. The summed E-state index contributed by atoms with van der Waals surface area (Å²) in [5.74, 6) is 0.102. The summed E-state index contributed by atoms with van der Waals surface area (Å²) in [6, 6.07) is 0.159. The third-order valence-corrected chi connectivity index (χ3v) is 2.04. The maximum Gasteiger partial charge on any atom is 0.237 e. The minimum absolute atomic E-state index is 0.0131. The Labute approximate surface area is 66.1 Å². The molecule has 10 heavy (non-hydrogen) atoms. The Morgan fingerprint density at radius 2 is 2.50 bits per heavy atom. The number of likely N-dealkylation sites (tertiary alicyclic amines) is 1. The topological polar surface area (TPSA) is 20.3 Å². The van der Waals surface area contributed by atoms with Gasteiger partial charge in [-0.05, 0) is 19.8 Å². The van der Waals surface area contributed by atoms with E-state index in [4.69, 9.17) is 11.6 Å². The molecule has 0 spiro atoms. The third kappa shape index (κ3) is 1.43. The Balaban J connectivity index is 2.46. The summed E-state index contributed by atoms with van der Waals surface area (Å²) >= 11 is 5.38. The van der Waals surface area contributed by atoms with Crippen molar-refractivity contribution in [2.75, 3.05) is 12.4 Å². The first-order chi connectivity index (χ1) is 4.75. The van der Waals surface area contributed by atoms with Gasteiger partial charge >= 0.3 is 0 Å². The number of hydrogen-bond acceptors (Lipinski definition) is 1. The van der Waals surface area contributed by atoms with Crippen molar-refractivity contribution in [3.8, 4) is 0 Å². The van der Waals surface area contributed by atoms with Crippen LogP contribution in [0.1, 0.15) is 12.8 Å². The monoisotopic (exact) mass is 160 g/mol. The van der Waals surface area contributed by atoms with Crippen molar-refractivity contribution in [2.45, 2.75) is 18.9 Å². The van der Waals surface area contributed by atoms with Crippen LogP contribution >= 0.6 is 11.6 Å². The van der Waals surface area contributed by atoms with Crippen molar-refractivity contribution < 1.29 is 4.79 Å². The van der Waals surface area contributed by atoms with E-state index in [9.17, 15) is 4.79 Å². The van der Waals surface area contributed by atoms with E-state index in [2.05, 4.69) is 6.92 Å². The lowest BCUT2D eigenvalue weighted by molar-refractivity contribution is -0.128. The number of carbonyl (C=O) groups excluding carboxylic acids is 1. The van der Waals surface area contributed by atoms with Crippen LogP contribution in [0.3, 0.4) is 0 Å². The van der Waals surface area contributed by atoms with Crippen molar-refractivity contribution in [2.24, 2.45) is 0 Å². The lowest BCUT2D eigenvalue weighted by atomic mass is 10.2. The van der Waals surface area contributed by atoms with Crippen molar-refractivity contribution in [3.05, 3.63) is 6.92 Å². The second kappa shape index (κ2) is 3.24. The number of halogens is 1. The Kier molecular flexibility index (Phi) is 2.55. The van der Waals surface area contributed by atoms with Crippen LogP contribution in [0.5, 0.6) is 0 Å².